The SMILES string of the molecule is C#CCOC(O)N[C@H](/C=C\[C@H]1O[C@H](C(CC)C(=O)[C@@H](C)[C@@H](O)[C@H](C)[C@@H]2O[C@@H]([C@@H](CC)C(=O)O)CC[C@@H]2C)[C@@H](C)C[C@H]1C)[C@@]1(O)CC[C@@](C)([C@H]2CC[C@](O)(CC)[C@H](C)O2)O1. The largest absolute Gasteiger partial charge is 0.481 e. The molecule has 0 bridgehead atoms. The van der Waals surface area contributed by atoms with Crippen LogP contribution in [0.2, 0.25) is 0 Å². The lowest BCUT2D eigenvalue weighted by Gasteiger charge is -2.46. The maximum absolute atomic E-state index is 14.4. The van der Waals surface area contributed by atoms with E-state index >= 15 is 0 Å². The molecule has 4 rings (SSSR count). The summed E-state index contributed by atoms with van der Waals surface area (Å²) < 4.78 is 31.4. The highest BCUT2D eigenvalue weighted by Gasteiger charge is 2.56. The molecule has 4 saturated heterocycles. The van der Waals surface area contributed by atoms with Gasteiger partial charge in [0.05, 0.1) is 65.9 Å². The normalized spacial score (nSPS) is 40.4. The summed E-state index contributed by atoms with van der Waals surface area (Å²) in [7, 11) is 0. The van der Waals surface area contributed by atoms with Gasteiger partial charge >= 0.3 is 5.97 Å². The van der Waals surface area contributed by atoms with Crippen LogP contribution in [0.3, 0.4) is 0 Å². The molecule has 19 atom stereocenters. The number of carbonyl (C=O) groups excluding carboxylic acids is 1. The molecule has 0 spiro atoms. The maximum Gasteiger partial charge on any atom is 0.309 e. The predicted molar refractivity (Wildman–Crippen MR) is 223 cm³/mol. The third kappa shape index (κ3) is 11.4. The van der Waals surface area contributed by atoms with Crippen molar-refractivity contribution in [3.63, 3.8) is 0 Å². The average molecular weight is 836 g/mol. The Morgan fingerprint density at radius 1 is 0.915 bits per heavy atom. The second kappa shape index (κ2) is 20.9. The minimum Gasteiger partial charge on any atom is -0.481 e. The molecule has 0 aromatic heterocycles. The van der Waals surface area contributed by atoms with Crippen LogP contribution >= 0.6 is 0 Å². The Kier molecular flexibility index (Phi) is 17.6. The Bertz CT molecular complexity index is 1450. The van der Waals surface area contributed by atoms with Crippen molar-refractivity contribution in [2.45, 2.75) is 206 Å². The van der Waals surface area contributed by atoms with E-state index in [2.05, 4.69) is 32.0 Å². The van der Waals surface area contributed by atoms with Crippen LogP contribution in [0.1, 0.15) is 133 Å². The molecule has 2 unspecified atom stereocenters. The van der Waals surface area contributed by atoms with Crippen molar-refractivity contribution < 1.29 is 58.8 Å². The van der Waals surface area contributed by atoms with Crippen molar-refractivity contribution in [1.82, 2.24) is 5.32 Å². The standard InChI is InChI=1S/C46H77NO12/c1-12-24-55-43(52)47-36(46(54)23-22-44(11,59-46)37-20-21-45(53,15-4)31(10)56-37)19-18-34-27(6)25-28(7)41(57-34)33(14-3)39(49)29(8)38(48)30(9)40-26(5)16-17-35(58-40)32(13-2)42(50)51/h1,18-19,26-38,40-41,43,47-48,52-54H,13-17,20-25H2,2-11H3,(H,50,51)/b19-18-/t26-,27+,28-,29-,30-,31-,32+,33?,34+,35+,36+,37+,38+,40+,41-,43?,44-,45+,46+/m0/s1. The van der Waals surface area contributed by atoms with E-state index in [1.54, 1.807) is 13.0 Å². The number of rotatable bonds is 19. The molecule has 13 heteroatoms. The van der Waals surface area contributed by atoms with Gasteiger partial charge in [0, 0.05) is 24.2 Å². The van der Waals surface area contributed by atoms with E-state index in [1.807, 2.05) is 47.6 Å². The van der Waals surface area contributed by atoms with Crippen LogP contribution in [0.4, 0.5) is 0 Å². The highest BCUT2D eigenvalue weighted by atomic mass is 16.7. The minimum absolute atomic E-state index is 0.0361. The van der Waals surface area contributed by atoms with E-state index in [0.717, 1.165) is 12.8 Å². The summed E-state index contributed by atoms with van der Waals surface area (Å²) in [5.74, 6) is -2.48. The number of ketones is 1. The Balaban J connectivity index is 1.50. The molecule has 4 heterocycles. The zero-order valence-electron chi connectivity index (χ0n) is 37.3. The molecule has 6 N–H and O–H groups in total. The number of Topliss-reactive ketones (excluding diaryl/α,β-unsaturated/α-hetero) is 1. The number of carboxylic acids is 1. The highest BCUT2D eigenvalue weighted by Crippen LogP contribution is 2.47. The van der Waals surface area contributed by atoms with Gasteiger partial charge in [-0.3, -0.25) is 14.9 Å². The quantitative estimate of drug-likeness (QED) is 0.0555. The second-order valence-electron chi connectivity index (χ2n) is 18.8. The number of nitrogens with one attached hydrogen (secondary N) is 1. The van der Waals surface area contributed by atoms with E-state index in [0.29, 0.717) is 44.9 Å². The highest BCUT2D eigenvalue weighted by molar-refractivity contribution is 5.84. The number of aliphatic hydroxyl groups excluding tert-OH is 2. The number of carboxylic acid groups (broad SMARTS) is 1. The number of aliphatic hydroxyl groups is 4. The summed E-state index contributed by atoms with van der Waals surface area (Å²) in [5, 5.41) is 58.4. The number of aliphatic carboxylic acids is 1. The zero-order valence-corrected chi connectivity index (χ0v) is 37.3. The van der Waals surface area contributed by atoms with Crippen molar-refractivity contribution in [2.24, 2.45) is 41.4 Å². The van der Waals surface area contributed by atoms with Crippen molar-refractivity contribution >= 4 is 11.8 Å². The van der Waals surface area contributed by atoms with Gasteiger partial charge in [0.1, 0.15) is 12.4 Å². The summed E-state index contributed by atoms with van der Waals surface area (Å²) in [6.45, 7) is 19.2. The molecular formula is C46H77NO12. The number of hydrogen-bond acceptors (Lipinski definition) is 12. The molecule has 0 aromatic rings. The van der Waals surface area contributed by atoms with Crippen LogP contribution in [-0.2, 0) is 33.3 Å². The van der Waals surface area contributed by atoms with Crippen molar-refractivity contribution in [2.75, 3.05) is 6.61 Å². The molecule has 4 aliphatic heterocycles. The second-order valence-corrected chi connectivity index (χ2v) is 18.8. The summed E-state index contributed by atoms with van der Waals surface area (Å²) >= 11 is 0. The van der Waals surface area contributed by atoms with Gasteiger partial charge in [-0.05, 0) is 89.4 Å². The predicted octanol–water partition coefficient (Wildman–Crippen LogP) is 5.35. The minimum atomic E-state index is -1.78. The van der Waals surface area contributed by atoms with Gasteiger partial charge in [-0.2, -0.15) is 0 Å². The molecule has 4 aliphatic rings. The third-order valence-electron chi connectivity index (χ3n) is 14.7. The van der Waals surface area contributed by atoms with Gasteiger partial charge in [0.25, 0.3) is 0 Å². The number of ether oxygens (including phenoxy) is 5. The summed E-state index contributed by atoms with van der Waals surface area (Å²) in [5.41, 5.74) is -1.80. The first-order valence-electron chi connectivity index (χ1n) is 22.4. The fourth-order valence-electron chi connectivity index (χ4n) is 10.5. The summed E-state index contributed by atoms with van der Waals surface area (Å²) in [4.78, 5) is 26.3. The van der Waals surface area contributed by atoms with Gasteiger partial charge < -0.3 is 49.2 Å². The molecular weight excluding hydrogens is 759 g/mol. The molecule has 0 aliphatic carbocycles. The number of carbonyl (C=O) groups is 2. The average Bonchev–Trinajstić information content (AvgIpc) is 3.53. The van der Waals surface area contributed by atoms with Crippen LogP contribution in [-0.4, -0.2) is 116 Å². The Morgan fingerprint density at radius 3 is 2.19 bits per heavy atom. The van der Waals surface area contributed by atoms with E-state index in [9.17, 15) is 35.1 Å². The first-order valence-corrected chi connectivity index (χ1v) is 22.4. The molecule has 0 aromatic carbocycles. The summed E-state index contributed by atoms with van der Waals surface area (Å²) in [6.07, 6.45) is 9.41. The Hall–Kier alpha value is -1.96. The molecule has 338 valence electrons. The maximum atomic E-state index is 14.4. The van der Waals surface area contributed by atoms with Crippen LogP contribution in [0.5, 0.6) is 0 Å². The lowest BCUT2D eigenvalue weighted by Crippen LogP contribution is -2.58. The van der Waals surface area contributed by atoms with E-state index in [1.165, 1.54) is 0 Å². The third-order valence-corrected chi connectivity index (χ3v) is 14.7. The lowest BCUT2D eigenvalue weighted by molar-refractivity contribution is -0.281. The lowest BCUT2D eigenvalue weighted by atomic mass is 9.73. The van der Waals surface area contributed by atoms with Crippen LogP contribution in [0.25, 0.3) is 0 Å². The molecule has 0 amide bonds. The fraction of sp³-hybridized carbons (Fsp3) is 0.870. The molecule has 4 fully saturated rings. The van der Waals surface area contributed by atoms with Crippen molar-refractivity contribution in [1.29, 1.82) is 0 Å². The van der Waals surface area contributed by atoms with Crippen molar-refractivity contribution in [3.8, 4) is 12.3 Å². The van der Waals surface area contributed by atoms with Crippen molar-refractivity contribution in [3.05, 3.63) is 12.2 Å². The number of terminal acetylenes is 1. The zero-order chi connectivity index (χ0) is 44.0. The molecule has 0 saturated carbocycles. The molecule has 13 nitrogen and oxygen atoms in total. The van der Waals surface area contributed by atoms with Crippen LogP contribution < -0.4 is 5.32 Å². The van der Waals surface area contributed by atoms with Gasteiger partial charge in [0.2, 0.25) is 6.41 Å². The van der Waals surface area contributed by atoms with E-state index < -0.39 is 89.6 Å². The molecule has 0 radical (unpaired) electrons. The first kappa shape index (κ1) is 49.7. The van der Waals surface area contributed by atoms with Gasteiger partial charge in [-0.25, -0.2) is 0 Å². The van der Waals surface area contributed by atoms with Gasteiger partial charge in [-0.1, -0.05) is 73.5 Å². The first-order chi connectivity index (χ1) is 27.7. The molecule has 59 heavy (non-hydrogen) atoms. The van der Waals surface area contributed by atoms with E-state index in [-0.39, 0.29) is 48.8 Å². The van der Waals surface area contributed by atoms with Gasteiger partial charge in [-0.15, -0.1) is 6.42 Å². The Labute approximate surface area is 353 Å². The van der Waals surface area contributed by atoms with E-state index in [4.69, 9.17) is 30.1 Å². The number of hydrogen-bond donors (Lipinski definition) is 6. The van der Waals surface area contributed by atoms with Gasteiger partial charge in [0.15, 0.2) is 5.79 Å². The van der Waals surface area contributed by atoms with Crippen LogP contribution in [0, 0.1) is 53.8 Å². The monoisotopic (exact) mass is 836 g/mol. The smallest absolute Gasteiger partial charge is 0.309 e. The van der Waals surface area contributed by atoms with Crippen LogP contribution in [0.15, 0.2) is 12.2 Å². The Morgan fingerprint density at radius 2 is 1.59 bits per heavy atom. The fourth-order valence-corrected chi connectivity index (χ4v) is 10.5. The topological polar surface area (TPSA) is 193 Å². The summed E-state index contributed by atoms with van der Waals surface area (Å²) in [6, 6.07) is -0.966.